The van der Waals surface area contributed by atoms with Crippen molar-refractivity contribution in [1.29, 1.82) is 0 Å². The predicted octanol–water partition coefficient (Wildman–Crippen LogP) is 4.24. The van der Waals surface area contributed by atoms with E-state index < -0.39 is 0 Å². The summed E-state index contributed by atoms with van der Waals surface area (Å²) in [6.07, 6.45) is 0. The van der Waals surface area contributed by atoms with Crippen molar-refractivity contribution in [3.63, 3.8) is 0 Å². The minimum Gasteiger partial charge on any atom is -0.236 e. The van der Waals surface area contributed by atoms with Crippen LogP contribution in [0.1, 0.15) is 0 Å². The molecule has 0 bridgehead atoms. The second-order valence-electron chi connectivity index (χ2n) is 3.64. The molecule has 4 heteroatoms. The van der Waals surface area contributed by atoms with Gasteiger partial charge in [0.2, 0.25) is 0 Å². The van der Waals surface area contributed by atoms with Crippen LogP contribution in [0.5, 0.6) is 0 Å². The second kappa shape index (κ2) is 3.89. The van der Waals surface area contributed by atoms with Gasteiger partial charge in [-0.2, -0.15) is 0 Å². The average molecular weight is 247 g/mol. The van der Waals surface area contributed by atoms with Crippen molar-refractivity contribution >= 4 is 21.6 Å². The predicted molar refractivity (Wildman–Crippen MR) is 65.0 cm³/mol. The van der Waals surface area contributed by atoms with Gasteiger partial charge in [0.15, 0.2) is 0 Å². The number of rotatable bonds is 1. The zero-order valence-electron chi connectivity index (χ0n) is 8.65. The highest BCUT2D eigenvalue weighted by Crippen LogP contribution is 2.30. The molecule has 3 aromatic rings. The van der Waals surface area contributed by atoms with Gasteiger partial charge < -0.3 is 0 Å². The lowest BCUT2D eigenvalue weighted by atomic mass is 10.2. The Morgan fingerprint density at radius 2 is 1.76 bits per heavy atom. The molecule has 1 heterocycles. The molecule has 0 unspecified atom stereocenters. The fraction of sp³-hybridized carbons (Fsp3) is 0. The molecule has 0 N–H and O–H groups in total. The number of aromatic nitrogens is 1. The third-order valence-electron chi connectivity index (χ3n) is 2.42. The van der Waals surface area contributed by atoms with E-state index in [4.69, 9.17) is 0 Å². The van der Waals surface area contributed by atoms with Gasteiger partial charge in [0.05, 0.1) is 10.2 Å². The van der Waals surface area contributed by atoms with Gasteiger partial charge in [-0.25, -0.2) is 13.8 Å². The maximum Gasteiger partial charge on any atom is 0.124 e. The topological polar surface area (TPSA) is 12.9 Å². The van der Waals surface area contributed by atoms with Crippen LogP contribution < -0.4 is 0 Å². The van der Waals surface area contributed by atoms with E-state index in [1.807, 2.05) is 0 Å². The largest absolute Gasteiger partial charge is 0.236 e. The third-order valence-corrected chi connectivity index (χ3v) is 3.49. The maximum absolute atomic E-state index is 13.1. The molecule has 0 radical (unpaired) electrons. The second-order valence-corrected chi connectivity index (χ2v) is 4.67. The third kappa shape index (κ3) is 1.91. The van der Waals surface area contributed by atoms with Crippen LogP contribution in [0.2, 0.25) is 0 Å². The monoisotopic (exact) mass is 247 g/mol. The van der Waals surface area contributed by atoms with Crippen LogP contribution >= 0.6 is 11.3 Å². The van der Waals surface area contributed by atoms with Crippen LogP contribution in [0.15, 0.2) is 42.5 Å². The van der Waals surface area contributed by atoms with Crippen molar-refractivity contribution < 1.29 is 8.78 Å². The minimum atomic E-state index is -0.298. The zero-order valence-corrected chi connectivity index (χ0v) is 9.47. The van der Waals surface area contributed by atoms with Gasteiger partial charge >= 0.3 is 0 Å². The van der Waals surface area contributed by atoms with Crippen molar-refractivity contribution in [2.75, 3.05) is 0 Å². The minimum absolute atomic E-state index is 0.285. The normalized spacial score (nSPS) is 10.9. The van der Waals surface area contributed by atoms with Gasteiger partial charge in [0, 0.05) is 5.56 Å². The van der Waals surface area contributed by atoms with Crippen molar-refractivity contribution in [3.05, 3.63) is 54.1 Å². The summed E-state index contributed by atoms with van der Waals surface area (Å²) in [6.45, 7) is 0. The summed E-state index contributed by atoms with van der Waals surface area (Å²) in [5, 5.41) is 0.699. The number of nitrogens with zero attached hydrogens (tertiary/aromatic N) is 1. The molecule has 0 atom stereocenters. The summed E-state index contributed by atoms with van der Waals surface area (Å²) < 4.78 is 26.9. The van der Waals surface area contributed by atoms with E-state index in [-0.39, 0.29) is 11.6 Å². The van der Waals surface area contributed by atoms with Crippen LogP contribution in [-0.4, -0.2) is 4.98 Å². The first-order chi connectivity index (χ1) is 8.22. The molecule has 3 rings (SSSR count). The number of halogens is 2. The smallest absolute Gasteiger partial charge is 0.124 e. The lowest BCUT2D eigenvalue weighted by Gasteiger charge is -1.94. The van der Waals surface area contributed by atoms with Crippen molar-refractivity contribution in [3.8, 4) is 10.6 Å². The number of benzene rings is 2. The summed E-state index contributed by atoms with van der Waals surface area (Å²) in [5.41, 5.74) is 1.45. The van der Waals surface area contributed by atoms with Crippen LogP contribution in [0, 0.1) is 11.6 Å². The molecule has 17 heavy (non-hydrogen) atoms. The Kier molecular flexibility index (Phi) is 2.37. The molecule has 0 saturated carbocycles. The summed E-state index contributed by atoms with van der Waals surface area (Å²) in [4.78, 5) is 4.35. The molecular weight excluding hydrogens is 240 g/mol. The molecule has 84 valence electrons. The van der Waals surface area contributed by atoms with Crippen LogP contribution in [-0.2, 0) is 0 Å². The van der Waals surface area contributed by atoms with Crippen molar-refractivity contribution in [2.24, 2.45) is 0 Å². The highest BCUT2D eigenvalue weighted by molar-refractivity contribution is 7.21. The number of hydrogen-bond acceptors (Lipinski definition) is 2. The summed E-state index contributed by atoms with van der Waals surface area (Å²) >= 11 is 1.36. The first kappa shape index (κ1) is 10.4. The van der Waals surface area contributed by atoms with E-state index >= 15 is 0 Å². The Morgan fingerprint density at radius 3 is 2.59 bits per heavy atom. The van der Waals surface area contributed by atoms with E-state index in [2.05, 4.69) is 4.98 Å². The van der Waals surface area contributed by atoms with Crippen molar-refractivity contribution in [1.82, 2.24) is 4.98 Å². The lowest BCUT2D eigenvalue weighted by Crippen LogP contribution is -1.78. The quantitative estimate of drug-likeness (QED) is 0.626. The van der Waals surface area contributed by atoms with E-state index in [1.165, 1.54) is 35.6 Å². The lowest BCUT2D eigenvalue weighted by molar-refractivity contribution is 0.628. The van der Waals surface area contributed by atoms with Gasteiger partial charge in [-0.05, 0) is 30.3 Å². The number of fused-ring (bicyclic) bond motifs is 1. The van der Waals surface area contributed by atoms with Crippen LogP contribution in [0.3, 0.4) is 0 Å². The average Bonchev–Trinajstić information content (AvgIpc) is 2.72. The molecule has 0 saturated heterocycles. The van der Waals surface area contributed by atoms with Crippen molar-refractivity contribution in [2.45, 2.75) is 0 Å². The highest BCUT2D eigenvalue weighted by atomic mass is 32.1. The van der Waals surface area contributed by atoms with Gasteiger partial charge in [0.1, 0.15) is 16.6 Å². The zero-order chi connectivity index (χ0) is 11.8. The standard InChI is InChI=1S/C13H7F2NS/c14-9-3-1-2-8(6-9)13-16-11-5-4-10(15)7-12(11)17-13/h1-7H. The maximum atomic E-state index is 13.1. The Bertz CT molecular complexity index is 691. The highest BCUT2D eigenvalue weighted by Gasteiger charge is 2.07. The Labute approximate surface area is 100 Å². The molecule has 0 fully saturated rings. The first-order valence-corrected chi connectivity index (χ1v) is 5.86. The summed E-state index contributed by atoms with van der Waals surface area (Å²) in [7, 11) is 0. The molecule has 2 aromatic carbocycles. The molecule has 0 aliphatic carbocycles. The van der Waals surface area contributed by atoms with Gasteiger partial charge in [-0.3, -0.25) is 0 Å². The molecule has 0 amide bonds. The summed E-state index contributed by atoms with van der Waals surface area (Å²) in [5.74, 6) is -0.583. The molecule has 0 aliphatic heterocycles. The molecule has 1 nitrogen and oxygen atoms in total. The molecule has 1 aromatic heterocycles. The van der Waals surface area contributed by atoms with E-state index in [0.717, 1.165) is 10.2 Å². The van der Waals surface area contributed by atoms with E-state index in [1.54, 1.807) is 18.2 Å². The van der Waals surface area contributed by atoms with Crippen LogP contribution in [0.25, 0.3) is 20.8 Å². The van der Waals surface area contributed by atoms with Crippen LogP contribution in [0.4, 0.5) is 8.78 Å². The number of hydrogen-bond donors (Lipinski definition) is 0. The van der Waals surface area contributed by atoms with Gasteiger partial charge in [-0.1, -0.05) is 12.1 Å². The van der Waals surface area contributed by atoms with E-state index in [0.29, 0.717) is 10.6 Å². The molecule has 0 aliphatic rings. The SMILES string of the molecule is Fc1cccc(-c2nc3ccc(F)cc3s2)c1. The fourth-order valence-corrected chi connectivity index (χ4v) is 2.63. The molecule has 0 spiro atoms. The Balaban J connectivity index is 2.18. The first-order valence-electron chi connectivity index (χ1n) is 5.04. The van der Waals surface area contributed by atoms with E-state index in [9.17, 15) is 8.78 Å². The van der Waals surface area contributed by atoms with Gasteiger partial charge in [-0.15, -0.1) is 11.3 Å². The Morgan fingerprint density at radius 1 is 0.941 bits per heavy atom. The fourth-order valence-electron chi connectivity index (χ4n) is 1.64. The molecular formula is C13H7F2NS. The Hall–Kier alpha value is -1.81. The summed E-state index contributed by atoms with van der Waals surface area (Å²) in [6, 6.07) is 10.7. The van der Waals surface area contributed by atoms with Gasteiger partial charge in [0.25, 0.3) is 0 Å². The number of thiazole rings is 1.